The number of nitrogens with zero attached hydrogens (tertiary/aromatic N) is 1. The Morgan fingerprint density at radius 1 is 1.78 bits per heavy atom. The molecule has 0 amide bonds. The van der Waals surface area contributed by atoms with Crippen LogP contribution in [0.1, 0.15) is 0 Å². The molecule has 1 rings (SSSR count). The zero-order valence-corrected chi connectivity index (χ0v) is 5.75. The van der Waals surface area contributed by atoms with Crippen molar-refractivity contribution in [2.45, 2.75) is 0 Å². The molecule has 0 bridgehead atoms. The van der Waals surface area contributed by atoms with Crippen molar-refractivity contribution in [2.24, 2.45) is 5.18 Å². The second-order valence-corrected chi connectivity index (χ2v) is 2.93. The number of H-pyrrole nitrogens is 1. The Bertz CT molecular complexity index is 276. The second kappa shape index (κ2) is 2.24. The van der Waals surface area contributed by atoms with Crippen LogP contribution < -0.4 is 0 Å². The van der Waals surface area contributed by atoms with Crippen LogP contribution in [0.25, 0.3) is 0 Å². The first kappa shape index (κ1) is 6.37. The van der Waals surface area contributed by atoms with E-state index in [4.69, 9.17) is 5.11 Å². The van der Waals surface area contributed by atoms with Crippen LogP contribution in [0, 0.1) is 8.86 Å². The van der Waals surface area contributed by atoms with Crippen molar-refractivity contribution in [2.75, 3.05) is 0 Å². The Morgan fingerprint density at radius 2 is 2.44 bits per heavy atom. The molecule has 2 N–H and O–H groups in total. The van der Waals surface area contributed by atoms with Crippen molar-refractivity contribution < 1.29 is 5.11 Å². The van der Waals surface area contributed by atoms with Crippen LogP contribution in [-0.2, 0) is 0 Å². The monoisotopic (exact) mass is 162 g/mol. The van der Waals surface area contributed by atoms with Gasteiger partial charge in [0, 0.05) is 0 Å². The van der Waals surface area contributed by atoms with E-state index in [2.05, 4.69) is 22.4 Å². The normalized spacial score (nSPS) is 9.33. The number of aromatic nitrogens is 1. The predicted octanol–water partition coefficient (Wildman–Crippen LogP) is 1.91. The molecule has 0 radical (unpaired) electrons. The van der Waals surface area contributed by atoms with E-state index >= 15 is 0 Å². The van der Waals surface area contributed by atoms with E-state index in [9.17, 15) is 4.91 Å². The zero-order chi connectivity index (χ0) is 6.85. The topological polar surface area (TPSA) is 65.5 Å². The van der Waals surface area contributed by atoms with Crippen LogP contribution >= 0.6 is 23.6 Å². The van der Waals surface area contributed by atoms with E-state index in [1.807, 2.05) is 0 Å². The molecule has 0 fully saturated rings. The third-order valence-electron chi connectivity index (χ3n) is 0.695. The molecule has 9 heavy (non-hydrogen) atoms. The summed E-state index contributed by atoms with van der Waals surface area (Å²) in [5.41, 5.74) is 0. The van der Waals surface area contributed by atoms with Crippen LogP contribution in [-0.4, -0.2) is 10.1 Å². The van der Waals surface area contributed by atoms with Gasteiger partial charge in [0.15, 0.2) is 3.95 Å². The van der Waals surface area contributed by atoms with Gasteiger partial charge in [0.1, 0.15) is 0 Å². The summed E-state index contributed by atoms with van der Waals surface area (Å²) in [6.45, 7) is 0. The van der Waals surface area contributed by atoms with Crippen molar-refractivity contribution in [1.82, 2.24) is 4.98 Å². The maximum Gasteiger partial charge on any atom is 0.231 e. The Labute approximate surface area is 59.1 Å². The minimum absolute atomic E-state index is 0.000000000000000444. The number of rotatable bonds is 1. The first-order valence-electron chi connectivity index (χ1n) is 1.99. The van der Waals surface area contributed by atoms with Crippen LogP contribution in [0.15, 0.2) is 5.18 Å². The van der Waals surface area contributed by atoms with Gasteiger partial charge in [-0.2, -0.15) is 0 Å². The number of thiazole rings is 1. The summed E-state index contributed by atoms with van der Waals surface area (Å²) in [6, 6.07) is 0. The Balaban J connectivity index is 3.31. The van der Waals surface area contributed by atoms with E-state index in [1.165, 1.54) is 0 Å². The number of aromatic hydroxyl groups is 1. The lowest BCUT2D eigenvalue weighted by atomic mass is 10.8. The lowest BCUT2D eigenvalue weighted by Gasteiger charge is -1.77. The number of hydrogen-bond donors (Lipinski definition) is 2. The third kappa shape index (κ3) is 1.14. The van der Waals surface area contributed by atoms with E-state index in [0.717, 1.165) is 11.3 Å². The Hall–Kier alpha value is -0.750. The van der Waals surface area contributed by atoms with Gasteiger partial charge in [-0.1, -0.05) is 11.3 Å². The van der Waals surface area contributed by atoms with Crippen molar-refractivity contribution >= 4 is 28.6 Å². The van der Waals surface area contributed by atoms with E-state index in [1.54, 1.807) is 0 Å². The van der Waals surface area contributed by atoms with E-state index in [-0.39, 0.29) is 10.9 Å². The molecule has 48 valence electrons. The summed E-state index contributed by atoms with van der Waals surface area (Å²) in [6.07, 6.45) is 0. The zero-order valence-electron chi connectivity index (χ0n) is 4.12. The van der Waals surface area contributed by atoms with E-state index in [0.29, 0.717) is 3.95 Å². The summed E-state index contributed by atoms with van der Waals surface area (Å²) < 4.78 is 0.349. The van der Waals surface area contributed by atoms with Gasteiger partial charge in [-0.25, -0.2) is 0 Å². The maximum absolute atomic E-state index is 9.77. The molecule has 6 heteroatoms. The quantitative estimate of drug-likeness (QED) is 0.489. The highest BCUT2D eigenvalue weighted by Gasteiger charge is 2.02. The maximum atomic E-state index is 9.77. The van der Waals surface area contributed by atoms with Crippen LogP contribution in [0.4, 0.5) is 5.00 Å². The molecular weight excluding hydrogens is 160 g/mol. The van der Waals surface area contributed by atoms with Gasteiger partial charge in [-0.15, -0.1) is 4.91 Å². The summed E-state index contributed by atoms with van der Waals surface area (Å²) >= 11 is 5.54. The van der Waals surface area contributed by atoms with Gasteiger partial charge in [0.2, 0.25) is 10.9 Å². The molecule has 0 aliphatic rings. The van der Waals surface area contributed by atoms with E-state index < -0.39 is 0 Å². The van der Waals surface area contributed by atoms with Crippen LogP contribution in [0.2, 0.25) is 0 Å². The SMILES string of the molecule is O=Nc1sc(=S)[nH]c1O. The average Bonchev–Trinajstić information content (AvgIpc) is 2.10. The van der Waals surface area contributed by atoms with Crippen LogP contribution in [0.3, 0.4) is 0 Å². The lowest BCUT2D eigenvalue weighted by Crippen LogP contribution is -1.57. The fourth-order valence-corrected chi connectivity index (χ4v) is 1.22. The highest BCUT2D eigenvalue weighted by atomic mass is 32.1. The van der Waals surface area contributed by atoms with Gasteiger partial charge < -0.3 is 10.1 Å². The molecule has 1 aromatic heterocycles. The molecule has 4 nitrogen and oxygen atoms in total. The molecule has 0 saturated heterocycles. The van der Waals surface area contributed by atoms with Crippen molar-refractivity contribution in [3.8, 4) is 5.88 Å². The average molecular weight is 162 g/mol. The van der Waals surface area contributed by atoms with Gasteiger partial charge in [-0.3, -0.25) is 0 Å². The molecule has 0 saturated carbocycles. The number of nitroso groups, excluding NO2 is 1. The summed E-state index contributed by atoms with van der Waals surface area (Å²) in [5.74, 6) is -0.250. The standard InChI is InChI=1S/C3H2N2O2S2/c6-1-2(5-7)9-3(8)4-1/h6H,(H,4,8). The highest BCUT2D eigenvalue weighted by Crippen LogP contribution is 2.29. The van der Waals surface area contributed by atoms with Gasteiger partial charge >= 0.3 is 0 Å². The largest absolute Gasteiger partial charge is 0.492 e. The molecule has 1 heterocycles. The summed E-state index contributed by atoms with van der Waals surface area (Å²) in [5, 5.41) is 11.2. The second-order valence-electron chi connectivity index (χ2n) is 1.26. The lowest BCUT2D eigenvalue weighted by molar-refractivity contribution is 0.458. The highest BCUT2D eigenvalue weighted by molar-refractivity contribution is 7.73. The first-order chi connectivity index (χ1) is 4.24. The fraction of sp³-hybridized carbons (Fsp3) is 0. The van der Waals surface area contributed by atoms with Crippen molar-refractivity contribution in [1.29, 1.82) is 0 Å². The molecule has 1 aromatic rings. The van der Waals surface area contributed by atoms with Crippen molar-refractivity contribution in [3.63, 3.8) is 0 Å². The van der Waals surface area contributed by atoms with Gasteiger partial charge in [-0.05, 0) is 17.4 Å². The molecule has 0 aliphatic heterocycles. The van der Waals surface area contributed by atoms with Gasteiger partial charge in [0.05, 0.1) is 0 Å². The molecule has 0 unspecified atom stereocenters. The minimum atomic E-state index is -0.250. The third-order valence-corrected chi connectivity index (χ3v) is 1.80. The molecule has 0 aromatic carbocycles. The van der Waals surface area contributed by atoms with Gasteiger partial charge in [0.25, 0.3) is 0 Å². The molecule has 0 spiro atoms. The summed E-state index contributed by atoms with van der Waals surface area (Å²) in [4.78, 5) is 12.1. The molecule has 0 atom stereocenters. The van der Waals surface area contributed by atoms with Crippen LogP contribution in [0.5, 0.6) is 5.88 Å². The minimum Gasteiger partial charge on any atom is -0.492 e. The predicted molar refractivity (Wildman–Crippen MR) is 36.6 cm³/mol. The summed E-state index contributed by atoms with van der Waals surface area (Å²) in [7, 11) is 0. The number of aromatic amines is 1. The molecular formula is C3H2N2O2S2. The first-order valence-corrected chi connectivity index (χ1v) is 3.22. The molecule has 0 aliphatic carbocycles. The van der Waals surface area contributed by atoms with Crippen molar-refractivity contribution in [3.05, 3.63) is 8.86 Å². The Kier molecular flexibility index (Phi) is 1.58. The Morgan fingerprint density at radius 3 is 2.67 bits per heavy atom. The smallest absolute Gasteiger partial charge is 0.231 e. The number of hydrogen-bond acceptors (Lipinski definition) is 5. The number of nitrogens with one attached hydrogen (secondary N) is 1. The fourth-order valence-electron chi connectivity index (χ4n) is 0.374.